The molecule has 0 radical (unpaired) electrons. The third-order valence-corrected chi connectivity index (χ3v) is 4.07. The van der Waals surface area contributed by atoms with Crippen LogP contribution in [0, 0.1) is 11.6 Å². The fourth-order valence-electron chi connectivity index (χ4n) is 2.72. The second-order valence-electron chi connectivity index (χ2n) is 6.40. The van der Waals surface area contributed by atoms with E-state index >= 15 is 0 Å². The lowest BCUT2D eigenvalue weighted by Crippen LogP contribution is -2.08. The molecule has 0 saturated carbocycles. The third kappa shape index (κ3) is 9.53. The van der Waals surface area contributed by atoms with Crippen molar-refractivity contribution in [3.8, 4) is 0 Å². The Morgan fingerprint density at radius 2 is 1.33 bits per heavy atom. The first-order valence-electron chi connectivity index (χ1n) is 8.99. The van der Waals surface area contributed by atoms with Gasteiger partial charge in [-0.15, -0.1) is 0 Å². The largest absolute Gasteiger partial charge is 0.299 e. The minimum absolute atomic E-state index is 0.0287. The molecule has 0 spiro atoms. The summed E-state index contributed by atoms with van der Waals surface area (Å²) in [7, 11) is 0. The molecule has 1 aromatic carbocycles. The Labute approximate surface area is 143 Å². The maximum Gasteiger partial charge on any atom is 0.140 e. The summed E-state index contributed by atoms with van der Waals surface area (Å²) in [6.45, 7) is 2.18. The Morgan fingerprint density at radius 3 is 1.96 bits per heavy atom. The molecule has 4 heteroatoms. The summed E-state index contributed by atoms with van der Waals surface area (Å²) in [6, 6.07) is 3.24. The normalized spacial score (nSPS) is 10.8. The molecule has 0 amide bonds. The zero-order valence-electron chi connectivity index (χ0n) is 14.6. The number of ketones is 2. The van der Waals surface area contributed by atoms with Crippen molar-refractivity contribution in [2.24, 2.45) is 0 Å². The number of hydrogen-bond acceptors (Lipinski definition) is 2. The smallest absolute Gasteiger partial charge is 0.140 e. The maximum atomic E-state index is 13.1. The molecule has 0 aliphatic carbocycles. The minimum Gasteiger partial charge on any atom is -0.299 e. The Morgan fingerprint density at radius 1 is 0.792 bits per heavy atom. The van der Waals surface area contributed by atoms with Crippen LogP contribution in [0.25, 0.3) is 0 Å². The number of Topliss-reactive ketones (excluding diaryl/α,β-unsaturated/α-hetero) is 2. The van der Waals surface area contributed by atoms with Crippen molar-refractivity contribution >= 4 is 11.6 Å². The van der Waals surface area contributed by atoms with Gasteiger partial charge in [0.2, 0.25) is 0 Å². The molecular weight excluding hydrogens is 310 g/mol. The first-order chi connectivity index (χ1) is 11.5. The van der Waals surface area contributed by atoms with Crippen LogP contribution in [0.3, 0.4) is 0 Å². The SMILES string of the molecule is CCCCCCCCCC(=O)CC(=O)CCc1cc(F)cc(F)c1. The van der Waals surface area contributed by atoms with Crippen molar-refractivity contribution < 1.29 is 18.4 Å². The molecule has 0 bridgehead atoms. The molecule has 0 aliphatic rings. The maximum absolute atomic E-state index is 13.1. The van der Waals surface area contributed by atoms with E-state index in [-0.39, 0.29) is 30.8 Å². The van der Waals surface area contributed by atoms with Crippen molar-refractivity contribution in [2.75, 3.05) is 0 Å². The number of carbonyl (C=O) groups is 2. The Bertz CT molecular complexity index is 506. The Hall–Kier alpha value is -1.58. The highest BCUT2D eigenvalue weighted by atomic mass is 19.1. The fourth-order valence-corrected chi connectivity index (χ4v) is 2.72. The lowest BCUT2D eigenvalue weighted by molar-refractivity contribution is -0.127. The van der Waals surface area contributed by atoms with Gasteiger partial charge in [0, 0.05) is 18.9 Å². The van der Waals surface area contributed by atoms with Crippen molar-refractivity contribution in [3.05, 3.63) is 35.4 Å². The van der Waals surface area contributed by atoms with Gasteiger partial charge in [-0.3, -0.25) is 9.59 Å². The summed E-state index contributed by atoms with van der Waals surface area (Å²) in [4.78, 5) is 23.6. The molecule has 0 aliphatic heterocycles. The van der Waals surface area contributed by atoms with Crippen LogP contribution in [0.4, 0.5) is 8.78 Å². The molecule has 0 unspecified atom stereocenters. The van der Waals surface area contributed by atoms with Crippen molar-refractivity contribution in [1.82, 2.24) is 0 Å². The number of hydrogen-bond donors (Lipinski definition) is 0. The van der Waals surface area contributed by atoms with E-state index in [1.54, 1.807) is 0 Å². The average molecular weight is 338 g/mol. The number of unbranched alkanes of at least 4 members (excludes halogenated alkanes) is 6. The second kappa shape index (κ2) is 11.9. The van der Waals surface area contributed by atoms with Crippen LogP contribution in [0.5, 0.6) is 0 Å². The Kier molecular flexibility index (Phi) is 10.1. The highest BCUT2D eigenvalue weighted by molar-refractivity contribution is 5.99. The van der Waals surface area contributed by atoms with Gasteiger partial charge < -0.3 is 0 Å². The van der Waals surface area contributed by atoms with Gasteiger partial charge >= 0.3 is 0 Å². The lowest BCUT2D eigenvalue weighted by atomic mass is 10.0. The molecule has 0 aromatic heterocycles. The molecule has 0 heterocycles. The van der Waals surface area contributed by atoms with Crippen molar-refractivity contribution in [2.45, 2.75) is 77.6 Å². The molecule has 24 heavy (non-hydrogen) atoms. The highest BCUT2D eigenvalue weighted by Crippen LogP contribution is 2.12. The highest BCUT2D eigenvalue weighted by Gasteiger charge is 2.10. The summed E-state index contributed by atoms with van der Waals surface area (Å²) in [5, 5.41) is 0. The van der Waals surface area contributed by atoms with Crippen LogP contribution >= 0.6 is 0 Å². The van der Waals surface area contributed by atoms with Crippen LogP contribution in [0.1, 0.15) is 76.7 Å². The molecule has 0 N–H and O–H groups in total. The summed E-state index contributed by atoms with van der Waals surface area (Å²) in [5.41, 5.74) is 0.445. The van der Waals surface area contributed by atoms with Gasteiger partial charge in [0.1, 0.15) is 23.2 Å². The van der Waals surface area contributed by atoms with E-state index in [4.69, 9.17) is 0 Å². The molecule has 0 fully saturated rings. The fraction of sp³-hybridized carbons (Fsp3) is 0.600. The zero-order chi connectivity index (χ0) is 17.8. The van der Waals surface area contributed by atoms with E-state index in [0.717, 1.165) is 25.3 Å². The van der Waals surface area contributed by atoms with Gasteiger partial charge in [-0.05, 0) is 30.5 Å². The number of aryl methyl sites for hydroxylation is 1. The molecule has 0 saturated heterocycles. The van der Waals surface area contributed by atoms with Crippen LogP contribution in [-0.4, -0.2) is 11.6 Å². The standard InChI is InChI=1S/C20H28F2O2/c1-2-3-4-5-6-7-8-9-19(23)15-20(24)11-10-16-12-17(21)14-18(22)13-16/h12-14H,2-11,15H2,1H3. The van der Waals surface area contributed by atoms with Gasteiger partial charge in [-0.1, -0.05) is 45.4 Å². The second-order valence-corrected chi connectivity index (χ2v) is 6.40. The van der Waals surface area contributed by atoms with Gasteiger partial charge in [0.15, 0.2) is 0 Å². The van der Waals surface area contributed by atoms with Crippen molar-refractivity contribution in [3.63, 3.8) is 0 Å². The van der Waals surface area contributed by atoms with Crippen LogP contribution in [-0.2, 0) is 16.0 Å². The number of rotatable bonds is 13. The van der Waals surface area contributed by atoms with Gasteiger partial charge in [0.05, 0.1) is 6.42 Å². The molecule has 0 atom stereocenters. The van der Waals surface area contributed by atoms with E-state index in [1.165, 1.54) is 37.8 Å². The van der Waals surface area contributed by atoms with Gasteiger partial charge in [-0.2, -0.15) is 0 Å². The molecular formula is C20H28F2O2. The van der Waals surface area contributed by atoms with Gasteiger partial charge in [0.25, 0.3) is 0 Å². The summed E-state index contributed by atoms with van der Waals surface area (Å²) < 4.78 is 26.1. The van der Waals surface area contributed by atoms with Crippen LogP contribution in [0.15, 0.2) is 18.2 Å². The molecule has 1 rings (SSSR count). The third-order valence-electron chi connectivity index (χ3n) is 4.07. The first kappa shape index (κ1) is 20.5. The summed E-state index contributed by atoms with van der Waals surface area (Å²) in [5.74, 6) is -1.48. The van der Waals surface area contributed by atoms with E-state index < -0.39 is 11.6 Å². The first-order valence-corrected chi connectivity index (χ1v) is 8.99. The number of halogens is 2. The van der Waals surface area contributed by atoms with Crippen molar-refractivity contribution in [1.29, 1.82) is 0 Å². The zero-order valence-corrected chi connectivity index (χ0v) is 14.6. The molecule has 1 aromatic rings. The molecule has 2 nitrogen and oxygen atoms in total. The quantitative estimate of drug-likeness (QED) is 0.348. The Balaban J connectivity index is 2.14. The van der Waals surface area contributed by atoms with E-state index in [2.05, 4.69) is 6.92 Å². The van der Waals surface area contributed by atoms with Crippen LogP contribution < -0.4 is 0 Å². The predicted molar refractivity (Wildman–Crippen MR) is 91.9 cm³/mol. The van der Waals surface area contributed by atoms with E-state index in [0.29, 0.717) is 12.0 Å². The number of benzene rings is 1. The van der Waals surface area contributed by atoms with E-state index in [1.807, 2.05) is 0 Å². The topological polar surface area (TPSA) is 34.1 Å². The van der Waals surface area contributed by atoms with Crippen LogP contribution in [0.2, 0.25) is 0 Å². The summed E-state index contributed by atoms with van der Waals surface area (Å²) >= 11 is 0. The predicted octanol–water partition coefficient (Wildman–Crippen LogP) is 5.57. The lowest BCUT2D eigenvalue weighted by Gasteiger charge is -2.03. The van der Waals surface area contributed by atoms with Gasteiger partial charge in [-0.25, -0.2) is 8.78 Å². The monoisotopic (exact) mass is 338 g/mol. The number of carbonyl (C=O) groups excluding carboxylic acids is 2. The minimum atomic E-state index is -0.646. The van der Waals surface area contributed by atoms with E-state index in [9.17, 15) is 18.4 Å². The summed E-state index contributed by atoms with van der Waals surface area (Å²) in [6.07, 6.45) is 8.78. The average Bonchev–Trinajstić information content (AvgIpc) is 2.51. The molecule has 134 valence electrons.